The van der Waals surface area contributed by atoms with E-state index in [0.717, 1.165) is 23.6 Å². The van der Waals surface area contributed by atoms with Gasteiger partial charge in [-0.25, -0.2) is 0 Å². The van der Waals surface area contributed by atoms with Gasteiger partial charge in [0.25, 0.3) is 0 Å². The fourth-order valence-corrected chi connectivity index (χ4v) is 2.93. The standard InChI is InChI=1S/C16H15N3.C6H5Cl/c1-2-18-7-5-14(11-18)12-19-8-6-15-4-3-13(10-17)9-16(15)19;7-6-4-2-1-3-5-6/h3-9,11H,2,12H2,1H3;1-5H. The van der Waals surface area contributed by atoms with Crippen molar-refractivity contribution in [3.05, 3.63) is 95.4 Å². The molecular weight excluding hydrogens is 342 g/mol. The average Bonchev–Trinajstić information content (AvgIpc) is 3.30. The van der Waals surface area contributed by atoms with E-state index in [1.54, 1.807) is 0 Å². The molecule has 0 aliphatic heterocycles. The van der Waals surface area contributed by atoms with Gasteiger partial charge in [-0.3, -0.25) is 0 Å². The number of aryl methyl sites for hydroxylation is 1. The first-order chi connectivity index (χ1) is 12.7. The molecule has 2 aromatic heterocycles. The summed E-state index contributed by atoms with van der Waals surface area (Å²) in [5.74, 6) is 0. The van der Waals surface area contributed by atoms with Gasteiger partial charge >= 0.3 is 0 Å². The molecule has 0 saturated heterocycles. The van der Waals surface area contributed by atoms with E-state index in [1.807, 2.05) is 48.5 Å². The summed E-state index contributed by atoms with van der Waals surface area (Å²) in [6, 6.07) is 21.7. The molecular formula is C22H20ClN3. The molecule has 4 aromatic rings. The molecule has 4 rings (SSSR count). The molecule has 0 aliphatic carbocycles. The van der Waals surface area contributed by atoms with Crippen molar-refractivity contribution in [2.45, 2.75) is 20.0 Å². The molecule has 4 heteroatoms. The van der Waals surface area contributed by atoms with Crippen LogP contribution in [0, 0.1) is 11.3 Å². The van der Waals surface area contributed by atoms with Crippen molar-refractivity contribution in [2.75, 3.05) is 0 Å². The second-order valence-electron chi connectivity index (χ2n) is 5.97. The fraction of sp³-hybridized carbons (Fsp3) is 0.136. The largest absolute Gasteiger partial charge is 0.354 e. The first-order valence-electron chi connectivity index (χ1n) is 8.54. The van der Waals surface area contributed by atoms with Crippen LogP contribution >= 0.6 is 11.6 Å². The summed E-state index contributed by atoms with van der Waals surface area (Å²) in [5.41, 5.74) is 3.10. The van der Waals surface area contributed by atoms with Crippen molar-refractivity contribution in [1.29, 1.82) is 5.26 Å². The van der Waals surface area contributed by atoms with Gasteiger partial charge < -0.3 is 9.13 Å². The molecule has 130 valence electrons. The molecule has 0 spiro atoms. The summed E-state index contributed by atoms with van der Waals surface area (Å²) in [4.78, 5) is 0. The van der Waals surface area contributed by atoms with Crippen molar-refractivity contribution in [3.63, 3.8) is 0 Å². The minimum atomic E-state index is 0.707. The summed E-state index contributed by atoms with van der Waals surface area (Å²) in [6.07, 6.45) is 6.34. The molecule has 0 bridgehead atoms. The van der Waals surface area contributed by atoms with Crippen LogP contribution in [0.2, 0.25) is 5.02 Å². The SMILES string of the molecule is CCn1ccc(Cn2ccc3ccc(C#N)cc32)c1.Clc1ccccc1. The molecule has 0 aliphatic rings. The van der Waals surface area contributed by atoms with E-state index in [2.05, 4.69) is 52.9 Å². The Morgan fingerprint density at radius 1 is 1.00 bits per heavy atom. The predicted molar refractivity (Wildman–Crippen MR) is 107 cm³/mol. The first kappa shape index (κ1) is 17.8. The average molecular weight is 362 g/mol. The van der Waals surface area contributed by atoms with Crippen molar-refractivity contribution in [2.24, 2.45) is 0 Å². The molecule has 0 unspecified atom stereocenters. The molecule has 0 N–H and O–H groups in total. The van der Waals surface area contributed by atoms with Gasteiger partial charge in [-0.15, -0.1) is 0 Å². The number of benzene rings is 2. The van der Waals surface area contributed by atoms with Gasteiger partial charge in [-0.05, 0) is 54.3 Å². The maximum absolute atomic E-state index is 8.99. The zero-order valence-electron chi connectivity index (χ0n) is 14.6. The van der Waals surface area contributed by atoms with Crippen LogP contribution in [-0.4, -0.2) is 9.13 Å². The minimum absolute atomic E-state index is 0.707. The summed E-state index contributed by atoms with van der Waals surface area (Å²) < 4.78 is 4.35. The molecule has 0 atom stereocenters. The summed E-state index contributed by atoms with van der Waals surface area (Å²) >= 11 is 5.54. The minimum Gasteiger partial charge on any atom is -0.354 e. The summed E-state index contributed by atoms with van der Waals surface area (Å²) in [6.45, 7) is 3.96. The summed E-state index contributed by atoms with van der Waals surface area (Å²) in [5, 5.41) is 11.0. The number of aromatic nitrogens is 2. The van der Waals surface area contributed by atoms with Gasteiger partial charge in [0.1, 0.15) is 0 Å². The van der Waals surface area contributed by atoms with Crippen molar-refractivity contribution in [1.82, 2.24) is 9.13 Å². The first-order valence-corrected chi connectivity index (χ1v) is 8.91. The smallest absolute Gasteiger partial charge is 0.0992 e. The van der Waals surface area contributed by atoms with Gasteiger partial charge in [-0.2, -0.15) is 5.26 Å². The third kappa shape index (κ3) is 4.36. The lowest BCUT2D eigenvalue weighted by Gasteiger charge is -2.04. The van der Waals surface area contributed by atoms with E-state index in [0.29, 0.717) is 5.56 Å². The van der Waals surface area contributed by atoms with E-state index in [9.17, 15) is 0 Å². The number of fused-ring (bicyclic) bond motifs is 1. The summed E-state index contributed by atoms with van der Waals surface area (Å²) in [7, 11) is 0. The Labute approximate surface area is 158 Å². The van der Waals surface area contributed by atoms with Crippen molar-refractivity contribution in [3.8, 4) is 6.07 Å². The zero-order chi connectivity index (χ0) is 18.4. The van der Waals surface area contributed by atoms with Crippen LogP contribution in [0.5, 0.6) is 0 Å². The quantitative estimate of drug-likeness (QED) is 0.459. The molecule has 2 heterocycles. The van der Waals surface area contributed by atoms with Gasteiger partial charge in [0, 0.05) is 42.2 Å². The number of halogens is 1. The Balaban J connectivity index is 0.000000236. The lowest BCUT2D eigenvalue weighted by molar-refractivity contribution is 0.758. The second kappa shape index (κ2) is 8.42. The van der Waals surface area contributed by atoms with Crippen LogP contribution in [-0.2, 0) is 13.1 Å². The van der Waals surface area contributed by atoms with Crippen LogP contribution in [0.15, 0.2) is 79.3 Å². The Kier molecular flexibility index (Phi) is 5.78. The molecule has 0 fully saturated rings. The van der Waals surface area contributed by atoms with Crippen LogP contribution < -0.4 is 0 Å². The zero-order valence-corrected chi connectivity index (χ0v) is 15.4. The van der Waals surface area contributed by atoms with Crippen molar-refractivity contribution < 1.29 is 0 Å². The number of hydrogen-bond acceptors (Lipinski definition) is 1. The number of nitriles is 1. The molecule has 26 heavy (non-hydrogen) atoms. The normalized spacial score (nSPS) is 10.2. The number of rotatable bonds is 3. The highest BCUT2D eigenvalue weighted by Gasteiger charge is 2.04. The van der Waals surface area contributed by atoms with Gasteiger partial charge in [0.2, 0.25) is 0 Å². The second-order valence-corrected chi connectivity index (χ2v) is 6.41. The molecule has 3 nitrogen and oxygen atoms in total. The lowest BCUT2D eigenvalue weighted by atomic mass is 10.2. The van der Waals surface area contributed by atoms with Crippen molar-refractivity contribution >= 4 is 22.5 Å². The number of hydrogen-bond donors (Lipinski definition) is 0. The Morgan fingerprint density at radius 3 is 2.42 bits per heavy atom. The van der Waals surface area contributed by atoms with Gasteiger partial charge in [-0.1, -0.05) is 35.9 Å². The van der Waals surface area contributed by atoms with Gasteiger partial charge in [0.15, 0.2) is 0 Å². The van der Waals surface area contributed by atoms with Gasteiger partial charge in [0.05, 0.1) is 11.6 Å². The monoisotopic (exact) mass is 361 g/mol. The topological polar surface area (TPSA) is 33.6 Å². The van der Waals surface area contributed by atoms with E-state index in [-0.39, 0.29) is 0 Å². The third-order valence-corrected chi connectivity index (χ3v) is 4.42. The van der Waals surface area contributed by atoms with Crippen LogP contribution in [0.1, 0.15) is 18.1 Å². The molecule has 0 amide bonds. The highest BCUT2D eigenvalue weighted by Crippen LogP contribution is 2.19. The lowest BCUT2D eigenvalue weighted by Crippen LogP contribution is -1.97. The van der Waals surface area contributed by atoms with Crippen LogP contribution in [0.25, 0.3) is 10.9 Å². The molecule has 0 saturated carbocycles. The highest BCUT2D eigenvalue weighted by molar-refractivity contribution is 6.30. The maximum atomic E-state index is 8.99. The third-order valence-electron chi connectivity index (χ3n) is 4.17. The number of nitrogens with zero attached hydrogens (tertiary/aromatic N) is 3. The van der Waals surface area contributed by atoms with E-state index in [1.165, 1.54) is 10.9 Å². The Morgan fingerprint density at radius 2 is 1.81 bits per heavy atom. The Bertz CT molecular complexity index is 1020. The Hall–Kier alpha value is -2.96. The highest BCUT2D eigenvalue weighted by atomic mass is 35.5. The maximum Gasteiger partial charge on any atom is 0.0992 e. The van der Waals surface area contributed by atoms with E-state index in [4.69, 9.17) is 16.9 Å². The van der Waals surface area contributed by atoms with E-state index >= 15 is 0 Å². The molecule has 0 radical (unpaired) electrons. The van der Waals surface area contributed by atoms with Crippen LogP contribution in [0.4, 0.5) is 0 Å². The predicted octanol–water partition coefficient (Wildman–Crippen LogP) is 5.72. The van der Waals surface area contributed by atoms with E-state index < -0.39 is 0 Å². The van der Waals surface area contributed by atoms with Crippen LogP contribution in [0.3, 0.4) is 0 Å². The fourth-order valence-electron chi connectivity index (χ4n) is 2.78. The molecule has 2 aromatic carbocycles.